The normalized spacial score (nSPS) is 20.8. The van der Waals surface area contributed by atoms with E-state index in [2.05, 4.69) is 47.7 Å². The average Bonchev–Trinajstić information content (AvgIpc) is 3.76. The van der Waals surface area contributed by atoms with Crippen molar-refractivity contribution in [1.82, 2.24) is 34.9 Å². The Labute approximate surface area is 230 Å². The highest BCUT2D eigenvalue weighted by Gasteiger charge is 2.33. The zero-order valence-electron chi connectivity index (χ0n) is 22.7. The monoisotopic (exact) mass is 532 g/mol. The van der Waals surface area contributed by atoms with Crippen LogP contribution in [0.1, 0.15) is 68.1 Å². The summed E-state index contributed by atoms with van der Waals surface area (Å²) in [6, 6.07) is 12.7. The van der Waals surface area contributed by atoms with E-state index in [4.69, 9.17) is 4.42 Å². The maximum absolute atomic E-state index is 12.6. The van der Waals surface area contributed by atoms with Crippen molar-refractivity contribution in [3.8, 4) is 0 Å². The van der Waals surface area contributed by atoms with Crippen LogP contribution in [0.25, 0.3) is 0 Å². The number of nitrogens with zero attached hydrogens (tertiary/aromatic N) is 7. The number of aromatic nitrogens is 4. The number of carbonyl (C=O) groups is 1. The molecule has 10 heteroatoms. The Bertz CT molecular complexity index is 1170. The third kappa shape index (κ3) is 6.40. The summed E-state index contributed by atoms with van der Waals surface area (Å²) < 4.78 is 7.44. The Balaban J connectivity index is 1.19. The molecule has 2 aromatic heterocycles. The van der Waals surface area contributed by atoms with Gasteiger partial charge in [0.05, 0.1) is 18.8 Å². The molecule has 10 nitrogen and oxygen atoms in total. The number of carbonyl (C=O) groups excluding carboxylic acids is 1. The molecule has 4 heterocycles. The van der Waals surface area contributed by atoms with Gasteiger partial charge in [0, 0.05) is 37.9 Å². The first kappa shape index (κ1) is 26.2. The molecule has 1 N–H and O–H groups in total. The van der Waals surface area contributed by atoms with Crippen molar-refractivity contribution >= 4 is 11.6 Å². The van der Waals surface area contributed by atoms with Gasteiger partial charge in [-0.25, -0.2) is 4.68 Å². The zero-order valence-corrected chi connectivity index (χ0v) is 22.7. The summed E-state index contributed by atoms with van der Waals surface area (Å²) in [6.07, 6.45) is 10.8. The van der Waals surface area contributed by atoms with Crippen molar-refractivity contribution in [3.05, 3.63) is 59.8 Å². The molecule has 1 saturated carbocycles. The third-order valence-electron chi connectivity index (χ3n) is 8.57. The first-order chi connectivity index (χ1) is 19.2. The summed E-state index contributed by atoms with van der Waals surface area (Å²) >= 11 is 0. The molecule has 2 saturated heterocycles. The maximum atomic E-state index is 12.6. The lowest BCUT2D eigenvalue weighted by molar-refractivity contribution is -0.117. The van der Waals surface area contributed by atoms with Crippen LogP contribution in [0.2, 0.25) is 0 Å². The molecule has 6 rings (SSSR count). The summed E-state index contributed by atoms with van der Waals surface area (Å²) in [4.78, 5) is 20.0. The molecule has 1 atom stereocenters. The van der Waals surface area contributed by atoms with Crippen LogP contribution >= 0.6 is 0 Å². The van der Waals surface area contributed by atoms with E-state index >= 15 is 0 Å². The largest absolute Gasteiger partial charge is 0.467 e. The second-order valence-corrected chi connectivity index (χ2v) is 11.2. The fourth-order valence-electron chi connectivity index (χ4n) is 6.49. The van der Waals surface area contributed by atoms with E-state index in [0.29, 0.717) is 13.1 Å². The predicted octanol–water partition coefficient (Wildman–Crippen LogP) is 3.39. The van der Waals surface area contributed by atoms with E-state index < -0.39 is 0 Å². The number of benzene rings is 1. The van der Waals surface area contributed by atoms with Gasteiger partial charge in [0.2, 0.25) is 5.91 Å². The minimum Gasteiger partial charge on any atom is -0.467 e. The molecule has 0 radical (unpaired) electrons. The predicted molar refractivity (Wildman–Crippen MR) is 148 cm³/mol. The number of anilines is 1. The number of amides is 1. The Morgan fingerprint density at radius 3 is 2.44 bits per heavy atom. The van der Waals surface area contributed by atoms with Crippen LogP contribution in [-0.2, 0) is 11.3 Å². The highest BCUT2D eigenvalue weighted by atomic mass is 16.3. The standard InChI is InChI=1S/C29H40N8O2/c38-27(22-34-14-4-5-15-34)30-24-12-10-23(11-13-24)28(29-31-32-33-37(29)21-26-9-6-20-39-26)36-18-16-35(17-19-36)25-7-2-1-3-8-25/h6,9-13,20,25,28H,1-5,7-8,14-19,21-22H2,(H,30,38). The third-order valence-corrected chi connectivity index (χ3v) is 8.57. The SMILES string of the molecule is O=C(CN1CCCC1)Nc1ccc(C(c2nnnn2Cc2ccco2)N2CCN(C3CCCCC3)CC2)cc1. The molecule has 0 spiro atoms. The van der Waals surface area contributed by atoms with Gasteiger partial charge in [-0.3, -0.25) is 19.5 Å². The van der Waals surface area contributed by atoms with Crippen LogP contribution in [-0.4, -0.2) is 92.7 Å². The average molecular weight is 533 g/mol. The Hall–Kier alpha value is -3.08. The van der Waals surface area contributed by atoms with E-state index in [1.165, 1.54) is 44.9 Å². The van der Waals surface area contributed by atoms with E-state index in [-0.39, 0.29) is 11.9 Å². The Morgan fingerprint density at radius 2 is 1.72 bits per heavy atom. The highest BCUT2D eigenvalue weighted by Crippen LogP contribution is 2.31. The maximum Gasteiger partial charge on any atom is 0.238 e. The molecule has 1 unspecified atom stereocenters. The van der Waals surface area contributed by atoms with Crippen LogP contribution in [0.4, 0.5) is 5.69 Å². The van der Waals surface area contributed by atoms with Crippen molar-refractivity contribution in [1.29, 1.82) is 0 Å². The zero-order chi connectivity index (χ0) is 26.4. The summed E-state index contributed by atoms with van der Waals surface area (Å²) in [7, 11) is 0. The molecule has 1 aromatic carbocycles. The molecule has 2 aliphatic heterocycles. The Morgan fingerprint density at radius 1 is 0.949 bits per heavy atom. The molecule has 208 valence electrons. The van der Waals surface area contributed by atoms with Crippen molar-refractivity contribution in [3.63, 3.8) is 0 Å². The van der Waals surface area contributed by atoms with E-state index in [1.807, 2.05) is 28.9 Å². The van der Waals surface area contributed by atoms with E-state index in [1.54, 1.807) is 6.26 Å². The lowest BCUT2D eigenvalue weighted by atomic mass is 9.93. The van der Waals surface area contributed by atoms with Gasteiger partial charge < -0.3 is 9.73 Å². The molecule has 1 aliphatic carbocycles. The lowest BCUT2D eigenvalue weighted by Gasteiger charge is -2.43. The van der Waals surface area contributed by atoms with Crippen molar-refractivity contribution in [2.75, 3.05) is 51.1 Å². The summed E-state index contributed by atoms with van der Waals surface area (Å²) in [6.45, 7) is 7.00. The second kappa shape index (κ2) is 12.4. The summed E-state index contributed by atoms with van der Waals surface area (Å²) in [5, 5.41) is 16.0. The second-order valence-electron chi connectivity index (χ2n) is 11.2. The fraction of sp³-hybridized carbons (Fsp3) is 0.586. The first-order valence-electron chi connectivity index (χ1n) is 14.6. The Kier molecular flexibility index (Phi) is 8.32. The summed E-state index contributed by atoms with van der Waals surface area (Å²) in [5.41, 5.74) is 1.94. The van der Waals surface area contributed by atoms with E-state index in [0.717, 1.165) is 68.1 Å². The smallest absolute Gasteiger partial charge is 0.238 e. The molecule has 39 heavy (non-hydrogen) atoms. The number of hydrogen-bond acceptors (Lipinski definition) is 8. The quantitative estimate of drug-likeness (QED) is 0.448. The molecular weight excluding hydrogens is 492 g/mol. The van der Waals surface area contributed by atoms with Gasteiger partial charge in [0.1, 0.15) is 12.3 Å². The molecular formula is C29H40N8O2. The van der Waals surface area contributed by atoms with Crippen LogP contribution in [0.15, 0.2) is 47.1 Å². The first-order valence-corrected chi connectivity index (χ1v) is 14.6. The summed E-state index contributed by atoms with van der Waals surface area (Å²) in [5.74, 6) is 1.67. The number of likely N-dealkylation sites (tertiary alicyclic amines) is 1. The van der Waals surface area contributed by atoms with E-state index in [9.17, 15) is 4.79 Å². The van der Waals surface area contributed by atoms with Crippen molar-refractivity contribution < 1.29 is 9.21 Å². The van der Waals surface area contributed by atoms with Crippen molar-refractivity contribution in [2.24, 2.45) is 0 Å². The van der Waals surface area contributed by atoms with Gasteiger partial charge in [-0.05, 0) is 79.0 Å². The number of piperazine rings is 1. The van der Waals surface area contributed by atoms with Crippen molar-refractivity contribution in [2.45, 2.75) is 63.6 Å². The van der Waals surface area contributed by atoms with Crippen LogP contribution < -0.4 is 5.32 Å². The minimum absolute atomic E-state index is 0.0439. The molecule has 0 bridgehead atoms. The lowest BCUT2D eigenvalue weighted by Crippen LogP contribution is -2.52. The number of rotatable bonds is 9. The topological polar surface area (TPSA) is 95.6 Å². The number of hydrogen-bond donors (Lipinski definition) is 1. The van der Waals surface area contributed by atoms with Crippen LogP contribution in [0.5, 0.6) is 0 Å². The minimum atomic E-state index is -0.0854. The molecule has 1 amide bonds. The van der Waals surface area contributed by atoms with Gasteiger partial charge in [-0.1, -0.05) is 31.4 Å². The number of nitrogens with one attached hydrogen (secondary N) is 1. The van der Waals surface area contributed by atoms with Gasteiger partial charge in [0.15, 0.2) is 5.82 Å². The molecule has 3 aliphatic rings. The van der Waals surface area contributed by atoms with Gasteiger partial charge >= 0.3 is 0 Å². The van der Waals surface area contributed by atoms with Gasteiger partial charge in [-0.2, -0.15) is 0 Å². The molecule has 3 fully saturated rings. The fourth-order valence-corrected chi connectivity index (χ4v) is 6.49. The molecule has 3 aromatic rings. The highest BCUT2D eigenvalue weighted by molar-refractivity contribution is 5.92. The number of furan rings is 1. The van der Waals surface area contributed by atoms with Gasteiger partial charge in [-0.15, -0.1) is 5.10 Å². The number of tetrazole rings is 1. The van der Waals surface area contributed by atoms with Crippen LogP contribution in [0.3, 0.4) is 0 Å². The van der Waals surface area contributed by atoms with Crippen LogP contribution in [0, 0.1) is 0 Å². The van der Waals surface area contributed by atoms with Gasteiger partial charge in [0.25, 0.3) is 0 Å².